The zero-order valence-electron chi connectivity index (χ0n) is 21.9. The first-order valence-corrected chi connectivity index (χ1v) is 13.4. The van der Waals surface area contributed by atoms with Crippen LogP contribution in [0.5, 0.6) is 0 Å². The Balaban J connectivity index is 2.87. The maximum Gasteiger partial charge on any atom is 0.305 e. The number of nitrogens with zero attached hydrogens (tertiary/aromatic N) is 2. The van der Waals surface area contributed by atoms with Crippen LogP contribution in [0.2, 0.25) is 10.0 Å². The van der Waals surface area contributed by atoms with Crippen LogP contribution in [0.4, 0.5) is 0 Å². The highest BCUT2D eigenvalue weighted by atomic mass is 35.5. The second kappa shape index (κ2) is 19.4. The molecule has 0 aromatic heterocycles. The van der Waals surface area contributed by atoms with E-state index in [1.165, 1.54) is 18.2 Å². The molecule has 0 fully saturated rings. The number of amides is 2. The summed E-state index contributed by atoms with van der Waals surface area (Å²) in [6.07, 6.45) is 4.04. The van der Waals surface area contributed by atoms with E-state index in [0.717, 1.165) is 19.3 Å². The highest BCUT2D eigenvalue weighted by Gasteiger charge is 2.27. The van der Waals surface area contributed by atoms with Gasteiger partial charge in [-0.3, -0.25) is 14.4 Å². The molecule has 0 spiro atoms. The standard InChI is InChI=1S/C25H37Cl2N3O8/c1-3-4-5-13-29(14-8-15-36-2)25(33)22(28-24(32)19-9-10-20(26)21(27)18-19)11-12-23(31)37-16-6-7-17-38-30(34)35/h9-10,18,22H,3-8,11-17H2,1-2H3,(H,28,32)/t22-/m1/s1. The Hall–Kier alpha value is -2.63. The molecular formula is C25H37Cl2N3O8. The number of esters is 1. The third kappa shape index (κ3) is 13.8. The Morgan fingerprint density at radius 2 is 1.74 bits per heavy atom. The van der Waals surface area contributed by atoms with Crippen LogP contribution in [0.1, 0.15) is 68.6 Å². The number of carbonyl (C=O) groups is 3. The van der Waals surface area contributed by atoms with Gasteiger partial charge in [0.15, 0.2) is 0 Å². The van der Waals surface area contributed by atoms with Gasteiger partial charge in [-0.15, -0.1) is 10.1 Å². The number of rotatable bonds is 20. The van der Waals surface area contributed by atoms with Crippen LogP contribution in [0.3, 0.4) is 0 Å². The summed E-state index contributed by atoms with van der Waals surface area (Å²) in [7, 11) is 1.59. The molecule has 11 nitrogen and oxygen atoms in total. The summed E-state index contributed by atoms with van der Waals surface area (Å²) in [6, 6.07) is 3.43. The van der Waals surface area contributed by atoms with E-state index in [-0.39, 0.29) is 42.5 Å². The molecule has 0 unspecified atom stereocenters. The van der Waals surface area contributed by atoms with Crippen LogP contribution in [0.15, 0.2) is 18.2 Å². The van der Waals surface area contributed by atoms with E-state index < -0.39 is 23.0 Å². The van der Waals surface area contributed by atoms with Crippen molar-refractivity contribution in [1.29, 1.82) is 0 Å². The molecule has 2 amide bonds. The van der Waals surface area contributed by atoms with Gasteiger partial charge in [0.25, 0.3) is 11.0 Å². The minimum absolute atomic E-state index is 0.0315. The third-order valence-corrected chi connectivity index (χ3v) is 6.28. The van der Waals surface area contributed by atoms with Crippen LogP contribution < -0.4 is 5.32 Å². The molecule has 0 saturated heterocycles. The van der Waals surface area contributed by atoms with Crippen molar-refractivity contribution in [1.82, 2.24) is 10.2 Å². The Kier molecular flexibility index (Phi) is 17.1. The summed E-state index contributed by atoms with van der Waals surface area (Å²) in [4.78, 5) is 54.8. The van der Waals surface area contributed by atoms with Crippen molar-refractivity contribution >= 4 is 41.0 Å². The lowest BCUT2D eigenvalue weighted by Crippen LogP contribution is -2.49. The molecule has 1 aromatic carbocycles. The number of carbonyl (C=O) groups excluding carboxylic acids is 3. The molecule has 214 valence electrons. The quantitative estimate of drug-likeness (QED) is 0.104. The Morgan fingerprint density at radius 3 is 2.39 bits per heavy atom. The van der Waals surface area contributed by atoms with E-state index in [9.17, 15) is 24.5 Å². The third-order valence-electron chi connectivity index (χ3n) is 5.54. The highest BCUT2D eigenvalue weighted by Crippen LogP contribution is 2.22. The van der Waals surface area contributed by atoms with E-state index in [1.54, 1.807) is 12.0 Å². The van der Waals surface area contributed by atoms with Gasteiger partial charge in [-0.1, -0.05) is 43.0 Å². The topological polar surface area (TPSA) is 137 Å². The first kappa shape index (κ1) is 33.4. The molecule has 0 aliphatic rings. The van der Waals surface area contributed by atoms with Gasteiger partial charge < -0.3 is 24.5 Å². The largest absolute Gasteiger partial charge is 0.466 e. The fourth-order valence-electron chi connectivity index (χ4n) is 3.50. The van der Waals surface area contributed by atoms with Gasteiger partial charge in [0.05, 0.1) is 23.3 Å². The van der Waals surface area contributed by atoms with Crippen LogP contribution >= 0.6 is 23.2 Å². The van der Waals surface area contributed by atoms with E-state index in [2.05, 4.69) is 17.1 Å². The minimum Gasteiger partial charge on any atom is -0.466 e. The highest BCUT2D eigenvalue weighted by molar-refractivity contribution is 6.42. The first-order valence-electron chi connectivity index (χ1n) is 12.7. The van der Waals surface area contributed by atoms with E-state index in [0.29, 0.717) is 44.0 Å². The molecule has 1 atom stereocenters. The Morgan fingerprint density at radius 1 is 1.03 bits per heavy atom. The van der Waals surface area contributed by atoms with Gasteiger partial charge in [-0.25, -0.2) is 0 Å². The SMILES string of the molecule is CCCCCN(CCCOC)C(=O)[C@@H](CCC(=O)OCCCCO[N+](=O)[O-])NC(=O)c1ccc(Cl)c(Cl)c1. The van der Waals surface area contributed by atoms with Crippen molar-refractivity contribution in [2.24, 2.45) is 0 Å². The number of methoxy groups -OCH3 is 1. The molecule has 1 N–H and O–H groups in total. The molecule has 0 saturated carbocycles. The number of nitrogens with one attached hydrogen (secondary N) is 1. The van der Waals surface area contributed by atoms with Crippen LogP contribution in [-0.4, -0.2) is 73.8 Å². The molecule has 0 radical (unpaired) electrons. The summed E-state index contributed by atoms with van der Waals surface area (Å²) in [5, 5.41) is 12.5. The average Bonchev–Trinajstić information content (AvgIpc) is 2.88. The van der Waals surface area contributed by atoms with Gasteiger partial charge in [0.1, 0.15) is 6.04 Å². The van der Waals surface area contributed by atoms with Gasteiger partial charge in [0.2, 0.25) is 5.91 Å². The molecule has 13 heteroatoms. The van der Waals surface area contributed by atoms with Crippen molar-refractivity contribution in [2.75, 3.05) is 40.0 Å². The van der Waals surface area contributed by atoms with Gasteiger partial charge in [-0.2, -0.15) is 0 Å². The number of hydrogen-bond acceptors (Lipinski definition) is 8. The van der Waals surface area contributed by atoms with Crippen molar-refractivity contribution in [3.63, 3.8) is 0 Å². The fraction of sp³-hybridized carbons (Fsp3) is 0.640. The lowest BCUT2D eigenvalue weighted by Gasteiger charge is -2.28. The van der Waals surface area contributed by atoms with Gasteiger partial charge in [0, 0.05) is 38.8 Å². The molecule has 38 heavy (non-hydrogen) atoms. The monoisotopic (exact) mass is 577 g/mol. The Bertz CT molecular complexity index is 893. The molecule has 0 bridgehead atoms. The van der Waals surface area contributed by atoms with E-state index >= 15 is 0 Å². The van der Waals surface area contributed by atoms with Gasteiger partial charge >= 0.3 is 5.97 Å². The molecule has 1 rings (SSSR count). The second-order valence-electron chi connectivity index (χ2n) is 8.56. The average molecular weight is 578 g/mol. The summed E-state index contributed by atoms with van der Waals surface area (Å²) in [6.45, 7) is 3.50. The molecule has 0 aliphatic carbocycles. The summed E-state index contributed by atoms with van der Waals surface area (Å²) in [5.41, 5.74) is 0.230. The van der Waals surface area contributed by atoms with Crippen LogP contribution in [-0.2, 0) is 23.9 Å². The van der Waals surface area contributed by atoms with Crippen molar-refractivity contribution in [3.8, 4) is 0 Å². The maximum atomic E-state index is 13.5. The van der Waals surface area contributed by atoms with Crippen molar-refractivity contribution in [3.05, 3.63) is 43.9 Å². The summed E-state index contributed by atoms with van der Waals surface area (Å²) >= 11 is 12.0. The molecule has 1 aromatic rings. The lowest BCUT2D eigenvalue weighted by molar-refractivity contribution is -0.757. The van der Waals surface area contributed by atoms with E-state index in [1.807, 2.05) is 0 Å². The summed E-state index contributed by atoms with van der Waals surface area (Å²) in [5.74, 6) is -1.36. The number of unbranched alkanes of at least 4 members (excludes halogenated alkanes) is 3. The lowest BCUT2D eigenvalue weighted by atomic mass is 10.1. The molecule has 0 heterocycles. The number of ether oxygens (including phenoxy) is 2. The predicted molar refractivity (Wildman–Crippen MR) is 143 cm³/mol. The van der Waals surface area contributed by atoms with E-state index in [4.69, 9.17) is 32.7 Å². The second-order valence-corrected chi connectivity index (χ2v) is 9.37. The molecule has 0 aliphatic heterocycles. The Labute approximate surface area is 233 Å². The zero-order valence-corrected chi connectivity index (χ0v) is 23.4. The number of hydrogen-bond donors (Lipinski definition) is 1. The minimum atomic E-state index is -0.970. The number of halogens is 2. The smallest absolute Gasteiger partial charge is 0.305 e. The van der Waals surface area contributed by atoms with Crippen LogP contribution in [0.25, 0.3) is 0 Å². The number of benzene rings is 1. The van der Waals surface area contributed by atoms with Crippen molar-refractivity contribution in [2.45, 2.75) is 64.3 Å². The maximum absolute atomic E-state index is 13.5. The zero-order chi connectivity index (χ0) is 28.3. The van der Waals surface area contributed by atoms with Crippen LogP contribution in [0, 0.1) is 10.1 Å². The van der Waals surface area contributed by atoms with Crippen molar-refractivity contribution < 1.29 is 33.8 Å². The first-order chi connectivity index (χ1) is 18.2. The molecular weight excluding hydrogens is 541 g/mol. The normalized spacial score (nSPS) is 11.5. The fourth-order valence-corrected chi connectivity index (χ4v) is 3.80. The van der Waals surface area contributed by atoms with Gasteiger partial charge in [-0.05, 0) is 50.3 Å². The predicted octanol–water partition coefficient (Wildman–Crippen LogP) is 4.46. The summed E-state index contributed by atoms with van der Waals surface area (Å²) < 4.78 is 10.3.